The number of methoxy groups -OCH3 is 1. The van der Waals surface area contributed by atoms with E-state index in [9.17, 15) is 5.11 Å². The zero-order valence-corrected chi connectivity index (χ0v) is 21.4. The highest BCUT2D eigenvalue weighted by Gasteiger charge is 2.23. The smallest absolute Gasteiger partial charge is 0.222 e. The van der Waals surface area contributed by atoms with Gasteiger partial charge in [0, 0.05) is 32.3 Å². The number of benzene rings is 2. The van der Waals surface area contributed by atoms with Crippen molar-refractivity contribution < 1.29 is 19.3 Å². The number of aromatic nitrogens is 2. The summed E-state index contributed by atoms with van der Waals surface area (Å²) in [6.07, 6.45) is 2.51. The van der Waals surface area contributed by atoms with Crippen molar-refractivity contribution in [1.29, 1.82) is 0 Å². The summed E-state index contributed by atoms with van der Waals surface area (Å²) >= 11 is 0. The van der Waals surface area contributed by atoms with Gasteiger partial charge in [-0.05, 0) is 43.7 Å². The number of unbranched alkanes of at least 4 members (excludes halogenated alkanes) is 1. The predicted molar refractivity (Wildman–Crippen MR) is 139 cm³/mol. The molecule has 0 aliphatic heterocycles. The van der Waals surface area contributed by atoms with E-state index in [1.54, 1.807) is 11.8 Å². The topological polar surface area (TPSA) is 69.0 Å². The minimum absolute atomic E-state index is 0.341. The lowest BCUT2D eigenvalue weighted by Gasteiger charge is -2.25. The van der Waals surface area contributed by atoms with Gasteiger partial charge in [0.05, 0.1) is 25.4 Å². The molecule has 1 atom stereocenters. The second-order valence-corrected chi connectivity index (χ2v) is 8.72. The van der Waals surface area contributed by atoms with Crippen LogP contribution in [0.15, 0.2) is 54.6 Å². The average molecular weight is 482 g/mol. The maximum atomic E-state index is 10.6. The molecule has 0 bridgehead atoms. The standard InChI is InChI=1S/C28H39N3O4/c1-5-7-18-34-21-23(32)19-31(17-6-2)20-26-27(22-11-9-8-10-12-22)29-30(3)28(26)35-25-15-13-24(33-4)14-16-25/h8-16,23,32H,5-7,17-21H2,1-4H3/t23-/m0/s1. The summed E-state index contributed by atoms with van der Waals surface area (Å²) in [6, 6.07) is 17.7. The van der Waals surface area contributed by atoms with Crippen LogP contribution in [0, 0.1) is 0 Å². The highest BCUT2D eigenvalue weighted by atomic mass is 16.5. The second kappa shape index (κ2) is 13.9. The number of aliphatic hydroxyl groups excluding tert-OH is 1. The number of aliphatic hydroxyl groups is 1. The predicted octanol–water partition coefficient (Wildman–Crippen LogP) is 5.28. The fraction of sp³-hybridized carbons (Fsp3) is 0.464. The molecule has 7 heteroatoms. The summed E-state index contributed by atoms with van der Waals surface area (Å²) in [7, 11) is 3.54. The fourth-order valence-corrected chi connectivity index (χ4v) is 4.00. The Morgan fingerprint density at radius 1 is 1.00 bits per heavy atom. The van der Waals surface area contributed by atoms with Crippen LogP contribution in [0.2, 0.25) is 0 Å². The van der Waals surface area contributed by atoms with Crippen molar-refractivity contribution in [3.05, 3.63) is 60.2 Å². The summed E-state index contributed by atoms with van der Waals surface area (Å²) in [5.74, 6) is 2.17. The van der Waals surface area contributed by atoms with Gasteiger partial charge in [0.2, 0.25) is 5.88 Å². The van der Waals surface area contributed by atoms with Crippen molar-refractivity contribution in [2.24, 2.45) is 7.05 Å². The number of ether oxygens (including phenoxy) is 3. The first-order valence-corrected chi connectivity index (χ1v) is 12.5. The monoisotopic (exact) mass is 481 g/mol. The maximum Gasteiger partial charge on any atom is 0.222 e. The summed E-state index contributed by atoms with van der Waals surface area (Å²) in [6.45, 7) is 7.27. The Bertz CT molecular complexity index is 1010. The number of aryl methyl sites for hydroxylation is 1. The largest absolute Gasteiger partial charge is 0.497 e. The third kappa shape index (κ3) is 7.82. The first kappa shape index (κ1) is 26.7. The average Bonchev–Trinajstić information content (AvgIpc) is 3.17. The Morgan fingerprint density at radius 2 is 1.71 bits per heavy atom. The first-order chi connectivity index (χ1) is 17.0. The normalized spacial score (nSPS) is 12.2. The van der Waals surface area contributed by atoms with Crippen molar-refractivity contribution in [1.82, 2.24) is 14.7 Å². The molecule has 1 heterocycles. The van der Waals surface area contributed by atoms with Crippen LogP contribution in [-0.4, -0.2) is 59.3 Å². The first-order valence-electron chi connectivity index (χ1n) is 12.5. The SMILES string of the molecule is CCCCOC[C@@H](O)CN(CCC)Cc1c(-c2ccccc2)nn(C)c1Oc1ccc(OC)cc1. The molecular formula is C28H39N3O4. The summed E-state index contributed by atoms with van der Waals surface area (Å²) in [4.78, 5) is 2.25. The van der Waals surface area contributed by atoms with E-state index >= 15 is 0 Å². The van der Waals surface area contributed by atoms with Crippen molar-refractivity contribution in [3.63, 3.8) is 0 Å². The summed E-state index contributed by atoms with van der Waals surface area (Å²) in [5.41, 5.74) is 2.90. The molecule has 0 saturated heterocycles. The molecule has 7 nitrogen and oxygen atoms in total. The van der Waals surface area contributed by atoms with Crippen LogP contribution in [0.25, 0.3) is 11.3 Å². The van der Waals surface area contributed by atoms with Gasteiger partial charge in [0.1, 0.15) is 17.2 Å². The van der Waals surface area contributed by atoms with Crippen LogP contribution in [0.4, 0.5) is 0 Å². The third-order valence-electron chi connectivity index (χ3n) is 5.75. The van der Waals surface area contributed by atoms with E-state index in [2.05, 4.69) is 30.9 Å². The molecule has 0 aliphatic carbocycles. The van der Waals surface area contributed by atoms with Gasteiger partial charge < -0.3 is 19.3 Å². The molecule has 0 amide bonds. The Hall–Kier alpha value is -2.87. The molecule has 35 heavy (non-hydrogen) atoms. The quantitative estimate of drug-likeness (QED) is 0.298. The van der Waals surface area contributed by atoms with E-state index < -0.39 is 6.10 Å². The number of hydrogen-bond donors (Lipinski definition) is 1. The van der Waals surface area contributed by atoms with Crippen LogP contribution < -0.4 is 9.47 Å². The maximum absolute atomic E-state index is 10.6. The molecule has 3 rings (SSSR count). The molecular weight excluding hydrogens is 442 g/mol. The van der Waals surface area contributed by atoms with Crippen molar-refractivity contribution in [3.8, 4) is 28.6 Å². The molecule has 0 aliphatic rings. The van der Waals surface area contributed by atoms with Crippen molar-refractivity contribution in [2.45, 2.75) is 45.8 Å². The lowest BCUT2D eigenvalue weighted by molar-refractivity contribution is 0.0143. The van der Waals surface area contributed by atoms with Crippen LogP contribution in [0.3, 0.4) is 0 Å². The Kier molecular flexibility index (Phi) is 10.6. The molecule has 0 unspecified atom stereocenters. The molecule has 2 aromatic carbocycles. The molecule has 0 radical (unpaired) electrons. The van der Waals surface area contributed by atoms with Crippen molar-refractivity contribution in [2.75, 3.05) is 33.4 Å². The van der Waals surface area contributed by atoms with Gasteiger partial charge in [-0.3, -0.25) is 4.90 Å². The van der Waals surface area contributed by atoms with E-state index in [0.717, 1.165) is 48.4 Å². The Morgan fingerprint density at radius 3 is 2.37 bits per heavy atom. The second-order valence-electron chi connectivity index (χ2n) is 8.72. The highest BCUT2D eigenvalue weighted by molar-refractivity contribution is 5.65. The van der Waals surface area contributed by atoms with Gasteiger partial charge in [0.15, 0.2) is 0 Å². The van der Waals surface area contributed by atoms with Gasteiger partial charge >= 0.3 is 0 Å². The minimum Gasteiger partial charge on any atom is -0.497 e. The fourth-order valence-electron chi connectivity index (χ4n) is 4.00. The van der Waals surface area contributed by atoms with Crippen LogP contribution >= 0.6 is 0 Å². The lowest BCUT2D eigenvalue weighted by Crippen LogP contribution is -2.35. The van der Waals surface area contributed by atoms with Crippen LogP contribution in [0.5, 0.6) is 17.4 Å². The number of rotatable bonds is 15. The van der Waals surface area contributed by atoms with Crippen LogP contribution in [0.1, 0.15) is 38.7 Å². The van der Waals surface area contributed by atoms with E-state index in [4.69, 9.17) is 19.3 Å². The third-order valence-corrected chi connectivity index (χ3v) is 5.75. The van der Waals surface area contributed by atoms with Crippen molar-refractivity contribution >= 4 is 0 Å². The molecule has 0 fully saturated rings. The molecule has 0 saturated carbocycles. The van der Waals surface area contributed by atoms with E-state index in [-0.39, 0.29) is 0 Å². The van der Waals surface area contributed by atoms with Crippen LogP contribution in [-0.2, 0) is 18.3 Å². The van der Waals surface area contributed by atoms with Gasteiger partial charge in [-0.15, -0.1) is 0 Å². The summed E-state index contributed by atoms with van der Waals surface area (Å²) < 4.78 is 19.1. The lowest BCUT2D eigenvalue weighted by atomic mass is 10.1. The Labute approximate surface area is 209 Å². The highest BCUT2D eigenvalue weighted by Crippen LogP contribution is 2.34. The molecule has 0 spiro atoms. The van der Waals surface area contributed by atoms with E-state index in [1.165, 1.54) is 0 Å². The molecule has 3 aromatic rings. The Balaban J connectivity index is 1.87. The number of nitrogens with zero attached hydrogens (tertiary/aromatic N) is 3. The van der Waals surface area contributed by atoms with E-state index in [0.29, 0.717) is 37.9 Å². The molecule has 1 aromatic heterocycles. The minimum atomic E-state index is -0.554. The zero-order chi connectivity index (χ0) is 25.0. The summed E-state index contributed by atoms with van der Waals surface area (Å²) in [5, 5.41) is 15.5. The molecule has 190 valence electrons. The van der Waals surface area contributed by atoms with Gasteiger partial charge in [-0.2, -0.15) is 5.10 Å². The molecule has 1 N–H and O–H groups in total. The van der Waals surface area contributed by atoms with Gasteiger partial charge in [0.25, 0.3) is 0 Å². The number of hydrogen-bond acceptors (Lipinski definition) is 6. The van der Waals surface area contributed by atoms with Gasteiger partial charge in [-0.25, -0.2) is 4.68 Å². The van der Waals surface area contributed by atoms with E-state index in [1.807, 2.05) is 49.5 Å². The van der Waals surface area contributed by atoms with Gasteiger partial charge in [-0.1, -0.05) is 50.6 Å². The zero-order valence-electron chi connectivity index (χ0n) is 21.4.